The van der Waals surface area contributed by atoms with Crippen LogP contribution in [-0.2, 0) is 0 Å². The number of hydrogen-bond donors (Lipinski definition) is 1. The van der Waals surface area contributed by atoms with Gasteiger partial charge in [-0.15, -0.1) is 0 Å². The van der Waals surface area contributed by atoms with Crippen molar-refractivity contribution in [3.05, 3.63) is 0 Å². The summed E-state index contributed by atoms with van der Waals surface area (Å²) in [6.07, 6.45) is 15.6. The van der Waals surface area contributed by atoms with Gasteiger partial charge >= 0.3 is 0 Å². The molecule has 2 heteroatoms. The maximum absolute atomic E-state index is 10.2. The van der Waals surface area contributed by atoms with Crippen molar-refractivity contribution in [2.75, 3.05) is 0 Å². The average molecular weight is 342 g/mol. The van der Waals surface area contributed by atoms with Crippen LogP contribution >= 0.6 is 0 Å². The lowest BCUT2D eigenvalue weighted by molar-refractivity contribution is -0.137. The molecule has 138 valence electrons. The molecule has 0 saturated heterocycles. The molecule has 5 rings (SSSR count). The molecule has 1 N–H and O–H groups in total. The van der Waals surface area contributed by atoms with Crippen LogP contribution in [0.25, 0.3) is 0 Å². The number of aliphatic hydroxyl groups is 1. The zero-order valence-electron chi connectivity index (χ0n) is 15.9. The van der Waals surface area contributed by atoms with E-state index < -0.39 is 0 Å². The quantitative estimate of drug-likeness (QED) is 0.649. The Labute approximate surface area is 153 Å². The van der Waals surface area contributed by atoms with Crippen molar-refractivity contribution in [1.82, 2.24) is 0 Å². The Kier molecular flexibility index (Phi) is 3.80. The van der Waals surface area contributed by atoms with Gasteiger partial charge in [0.1, 0.15) is 0 Å². The summed E-state index contributed by atoms with van der Waals surface area (Å²) in [6, 6.07) is 2.59. The molecule has 2 nitrogen and oxygen atoms in total. The van der Waals surface area contributed by atoms with Crippen molar-refractivity contribution >= 4 is 0 Å². The fourth-order valence-electron chi connectivity index (χ4n) is 9.04. The summed E-state index contributed by atoms with van der Waals surface area (Å²) in [6.45, 7) is 2.59. The van der Waals surface area contributed by atoms with Crippen molar-refractivity contribution in [3.8, 4) is 6.07 Å². The van der Waals surface area contributed by atoms with Crippen LogP contribution in [0.1, 0.15) is 84.0 Å². The summed E-state index contributed by atoms with van der Waals surface area (Å²) in [5.74, 6) is 4.81. The van der Waals surface area contributed by atoms with Crippen LogP contribution in [0.4, 0.5) is 0 Å². The van der Waals surface area contributed by atoms with Gasteiger partial charge in [-0.1, -0.05) is 6.92 Å². The van der Waals surface area contributed by atoms with Crippen LogP contribution < -0.4 is 0 Å². The number of hydrogen-bond acceptors (Lipinski definition) is 2. The largest absolute Gasteiger partial charge is 0.393 e. The van der Waals surface area contributed by atoms with E-state index in [1.165, 1.54) is 64.2 Å². The van der Waals surface area contributed by atoms with E-state index in [0.29, 0.717) is 16.7 Å². The van der Waals surface area contributed by atoms with E-state index in [9.17, 15) is 10.4 Å². The van der Waals surface area contributed by atoms with Gasteiger partial charge in [0.2, 0.25) is 0 Å². The van der Waals surface area contributed by atoms with E-state index in [2.05, 4.69) is 13.0 Å². The van der Waals surface area contributed by atoms with Gasteiger partial charge in [0.05, 0.1) is 12.2 Å². The van der Waals surface area contributed by atoms with Crippen molar-refractivity contribution in [2.45, 2.75) is 90.1 Å². The van der Waals surface area contributed by atoms with E-state index >= 15 is 0 Å². The molecule has 1 spiro atoms. The van der Waals surface area contributed by atoms with E-state index in [0.717, 1.165) is 42.4 Å². The Balaban J connectivity index is 1.41. The highest BCUT2D eigenvalue weighted by Crippen LogP contribution is 2.70. The molecule has 0 aromatic heterocycles. The molecule has 1 unspecified atom stereocenters. The lowest BCUT2D eigenvalue weighted by Crippen LogP contribution is -2.55. The first-order chi connectivity index (χ1) is 12.1. The SMILES string of the molecule is C[C@]12CC[C@@H](O)C[C@@H]1CC[C@H]1[C@@H]3CC[C@@H]4C[C@H](C#N)CCC43CC[C@@H]12. The lowest BCUT2D eigenvalue weighted by atomic mass is 9.43. The Morgan fingerprint density at radius 3 is 2.48 bits per heavy atom. The van der Waals surface area contributed by atoms with Gasteiger partial charge in [-0.3, -0.25) is 0 Å². The van der Waals surface area contributed by atoms with Gasteiger partial charge in [0.25, 0.3) is 0 Å². The number of rotatable bonds is 0. The molecular formula is C23H35NO. The van der Waals surface area contributed by atoms with Crippen molar-refractivity contribution in [1.29, 1.82) is 5.26 Å². The van der Waals surface area contributed by atoms with Gasteiger partial charge in [-0.2, -0.15) is 5.26 Å². The molecule has 0 amide bonds. The monoisotopic (exact) mass is 341 g/mol. The van der Waals surface area contributed by atoms with E-state index in [-0.39, 0.29) is 6.10 Å². The molecule has 5 fully saturated rings. The summed E-state index contributed by atoms with van der Waals surface area (Å²) in [7, 11) is 0. The summed E-state index contributed by atoms with van der Waals surface area (Å²) in [5.41, 5.74) is 1.12. The second-order valence-electron chi connectivity index (χ2n) is 10.7. The Morgan fingerprint density at radius 1 is 0.840 bits per heavy atom. The van der Waals surface area contributed by atoms with Gasteiger partial charge in [0, 0.05) is 5.92 Å². The second kappa shape index (κ2) is 5.72. The van der Waals surface area contributed by atoms with Crippen molar-refractivity contribution < 1.29 is 5.11 Å². The first kappa shape index (κ1) is 16.6. The number of nitriles is 1. The van der Waals surface area contributed by atoms with Crippen molar-refractivity contribution in [3.63, 3.8) is 0 Å². The van der Waals surface area contributed by atoms with Crippen LogP contribution in [-0.4, -0.2) is 11.2 Å². The molecule has 0 heterocycles. The Morgan fingerprint density at radius 2 is 1.64 bits per heavy atom. The molecular weight excluding hydrogens is 306 g/mol. The first-order valence-electron chi connectivity index (χ1n) is 11.1. The summed E-state index contributed by atoms with van der Waals surface area (Å²) >= 11 is 0. The van der Waals surface area contributed by atoms with Crippen LogP contribution in [0.15, 0.2) is 0 Å². The zero-order chi connectivity index (χ0) is 17.2. The third-order valence-electron chi connectivity index (χ3n) is 10.2. The molecule has 5 saturated carbocycles. The van der Waals surface area contributed by atoms with Gasteiger partial charge in [-0.05, 0) is 117 Å². The summed E-state index contributed by atoms with van der Waals surface area (Å²) in [4.78, 5) is 0. The highest BCUT2D eigenvalue weighted by molar-refractivity contribution is 5.12. The Hall–Kier alpha value is -0.550. The summed E-state index contributed by atoms with van der Waals surface area (Å²) in [5, 5.41) is 19.6. The fraction of sp³-hybridized carbons (Fsp3) is 0.957. The van der Waals surface area contributed by atoms with Crippen LogP contribution in [0.2, 0.25) is 0 Å². The molecule has 0 bridgehead atoms. The van der Waals surface area contributed by atoms with Gasteiger partial charge in [-0.25, -0.2) is 0 Å². The van der Waals surface area contributed by atoms with E-state index in [1.807, 2.05) is 0 Å². The smallest absolute Gasteiger partial charge is 0.0655 e. The van der Waals surface area contributed by atoms with Gasteiger partial charge in [0.15, 0.2) is 0 Å². The predicted octanol–water partition coefficient (Wildman–Crippen LogP) is 5.31. The molecule has 25 heavy (non-hydrogen) atoms. The molecule has 9 atom stereocenters. The number of nitrogens with zero attached hydrogens (tertiary/aromatic N) is 1. The fourth-order valence-corrected chi connectivity index (χ4v) is 9.04. The topological polar surface area (TPSA) is 44.0 Å². The molecule has 5 aliphatic carbocycles. The maximum atomic E-state index is 10.2. The minimum Gasteiger partial charge on any atom is -0.393 e. The number of fused-ring (bicyclic) bond motifs is 4. The average Bonchev–Trinajstić information content (AvgIpc) is 3.01. The zero-order valence-corrected chi connectivity index (χ0v) is 15.9. The molecule has 0 aromatic rings. The molecule has 0 radical (unpaired) electrons. The highest BCUT2D eigenvalue weighted by Gasteiger charge is 2.62. The molecule has 5 aliphatic rings. The van der Waals surface area contributed by atoms with Crippen molar-refractivity contribution in [2.24, 2.45) is 46.3 Å². The number of aliphatic hydroxyl groups excluding tert-OH is 1. The second-order valence-corrected chi connectivity index (χ2v) is 10.7. The summed E-state index contributed by atoms with van der Waals surface area (Å²) < 4.78 is 0. The maximum Gasteiger partial charge on any atom is 0.0655 e. The van der Waals surface area contributed by atoms with Crippen LogP contribution in [0.3, 0.4) is 0 Å². The van der Waals surface area contributed by atoms with Gasteiger partial charge < -0.3 is 5.11 Å². The highest BCUT2D eigenvalue weighted by atomic mass is 16.3. The Bertz CT molecular complexity index is 581. The minimum atomic E-state index is -0.0262. The molecule has 0 aromatic carbocycles. The minimum absolute atomic E-state index is 0.0262. The normalized spacial score (nSPS) is 57.6. The third-order valence-corrected chi connectivity index (χ3v) is 10.2. The lowest BCUT2D eigenvalue weighted by Gasteiger charge is -2.62. The third kappa shape index (κ3) is 2.24. The molecule has 0 aliphatic heterocycles. The van der Waals surface area contributed by atoms with E-state index in [4.69, 9.17) is 0 Å². The first-order valence-corrected chi connectivity index (χ1v) is 11.1. The predicted molar refractivity (Wildman–Crippen MR) is 98.5 cm³/mol. The van der Waals surface area contributed by atoms with E-state index in [1.54, 1.807) is 0 Å². The van der Waals surface area contributed by atoms with Crippen LogP contribution in [0, 0.1) is 57.7 Å². The van der Waals surface area contributed by atoms with Crippen LogP contribution in [0.5, 0.6) is 0 Å². The standard InChI is InChI=1S/C23H35NO/c1-22-9-7-18(25)13-16(22)2-4-19-20(22)8-11-23-10-6-15(14-24)12-17(23)3-5-21(19)23/h15-21,25H,2-13H2,1H3/t15-,16+,17-,18-,19-,20+,21+,22+,23?/m1/s1.